The molecule has 1 aliphatic rings. The summed E-state index contributed by atoms with van der Waals surface area (Å²) >= 11 is 0. The lowest BCUT2D eigenvalue weighted by Gasteiger charge is -2.19. The quantitative estimate of drug-likeness (QED) is 0.707. The Kier molecular flexibility index (Phi) is 6.51. The topological polar surface area (TPSA) is 42.3 Å². The maximum absolute atomic E-state index is 5.45. The van der Waals surface area contributed by atoms with Crippen LogP contribution in [-0.4, -0.2) is 49.4 Å². The lowest BCUT2D eigenvalue weighted by molar-refractivity contribution is 0.141. The average molecular weight is 294 g/mol. The van der Waals surface area contributed by atoms with Crippen LogP contribution in [0.25, 0.3) is 0 Å². The van der Waals surface area contributed by atoms with Crippen LogP contribution in [0.3, 0.4) is 0 Å². The van der Waals surface area contributed by atoms with E-state index in [1.807, 2.05) is 14.0 Å². The molecule has 1 unspecified atom stereocenters. The molecule has 1 atom stereocenters. The molecule has 1 aromatic heterocycles. The fourth-order valence-corrected chi connectivity index (χ4v) is 3.00. The second kappa shape index (κ2) is 8.39. The molecule has 2 heterocycles. The van der Waals surface area contributed by atoms with Crippen LogP contribution in [0.1, 0.15) is 32.4 Å². The molecule has 0 aliphatic carbocycles. The molecular formula is C16H30N4O. The van der Waals surface area contributed by atoms with Crippen molar-refractivity contribution < 1.29 is 4.74 Å². The lowest BCUT2D eigenvalue weighted by Crippen LogP contribution is -2.26. The van der Waals surface area contributed by atoms with Gasteiger partial charge < -0.3 is 19.5 Å². The summed E-state index contributed by atoms with van der Waals surface area (Å²) in [5, 5.41) is 3.29. The number of anilines is 1. The van der Waals surface area contributed by atoms with Crippen molar-refractivity contribution in [3.63, 3.8) is 0 Å². The molecule has 1 fully saturated rings. The fourth-order valence-electron chi connectivity index (χ4n) is 3.00. The molecule has 0 amide bonds. The van der Waals surface area contributed by atoms with Crippen LogP contribution in [0.15, 0.2) is 6.20 Å². The molecule has 1 N–H and O–H groups in total. The van der Waals surface area contributed by atoms with Crippen molar-refractivity contribution in [1.82, 2.24) is 14.9 Å². The third-order valence-corrected chi connectivity index (χ3v) is 4.12. The highest BCUT2D eigenvalue weighted by Gasteiger charge is 2.25. The summed E-state index contributed by atoms with van der Waals surface area (Å²) in [6.07, 6.45) is 5.52. The second-order valence-electron chi connectivity index (χ2n) is 5.79. The summed E-state index contributed by atoms with van der Waals surface area (Å²) in [5.74, 6) is 1.90. The van der Waals surface area contributed by atoms with Crippen molar-refractivity contribution >= 4 is 5.95 Å². The van der Waals surface area contributed by atoms with E-state index in [-0.39, 0.29) is 0 Å². The van der Waals surface area contributed by atoms with Gasteiger partial charge in [0.05, 0.1) is 5.69 Å². The molecule has 0 aromatic carbocycles. The summed E-state index contributed by atoms with van der Waals surface area (Å²) in [4.78, 5) is 7.28. The smallest absolute Gasteiger partial charge is 0.205 e. The lowest BCUT2D eigenvalue weighted by atomic mass is 10.1. The first-order valence-electron chi connectivity index (χ1n) is 8.31. The Hall–Kier alpha value is -1.07. The first kappa shape index (κ1) is 16.3. The summed E-state index contributed by atoms with van der Waals surface area (Å²) in [5.41, 5.74) is 1.19. The number of rotatable bonds is 9. The van der Waals surface area contributed by atoms with Gasteiger partial charge in [0.1, 0.15) is 0 Å². The molecule has 0 spiro atoms. The van der Waals surface area contributed by atoms with E-state index >= 15 is 0 Å². The normalized spacial score (nSPS) is 18.6. The molecular weight excluding hydrogens is 264 g/mol. The summed E-state index contributed by atoms with van der Waals surface area (Å²) in [6, 6.07) is 0. The van der Waals surface area contributed by atoms with Crippen LogP contribution in [0.5, 0.6) is 0 Å². The van der Waals surface area contributed by atoms with Crippen LogP contribution >= 0.6 is 0 Å². The SMILES string of the molecule is CCOCCCn1cc(CC)nc1N1CCC(CNC)C1. The Balaban J connectivity index is 1.98. The Labute approximate surface area is 128 Å². The number of hydrogen-bond acceptors (Lipinski definition) is 4. The van der Waals surface area contributed by atoms with Gasteiger partial charge in [0.2, 0.25) is 5.95 Å². The van der Waals surface area contributed by atoms with E-state index in [4.69, 9.17) is 9.72 Å². The second-order valence-corrected chi connectivity index (χ2v) is 5.79. The van der Waals surface area contributed by atoms with E-state index in [2.05, 4.69) is 27.9 Å². The number of ether oxygens (including phenoxy) is 1. The minimum atomic E-state index is 0.744. The molecule has 21 heavy (non-hydrogen) atoms. The van der Waals surface area contributed by atoms with Crippen LogP contribution in [0, 0.1) is 5.92 Å². The molecule has 0 bridgehead atoms. The molecule has 0 saturated carbocycles. The van der Waals surface area contributed by atoms with E-state index in [0.29, 0.717) is 0 Å². The molecule has 5 heteroatoms. The van der Waals surface area contributed by atoms with Gasteiger partial charge >= 0.3 is 0 Å². The maximum Gasteiger partial charge on any atom is 0.205 e. The number of nitrogens with zero attached hydrogens (tertiary/aromatic N) is 3. The molecule has 1 aliphatic heterocycles. The summed E-state index contributed by atoms with van der Waals surface area (Å²) in [6.45, 7) is 10.2. The number of imidazole rings is 1. The van der Waals surface area contributed by atoms with Gasteiger partial charge in [-0.15, -0.1) is 0 Å². The van der Waals surface area contributed by atoms with Gasteiger partial charge in [0.25, 0.3) is 0 Å². The van der Waals surface area contributed by atoms with Crippen molar-refractivity contribution in [3.8, 4) is 0 Å². The van der Waals surface area contributed by atoms with E-state index < -0.39 is 0 Å². The zero-order valence-corrected chi connectivity index (χ0v) is 13.8. The largest absolute Gasteiger partial charge is 0.382 e. The maximum atomic E-state index is 5.45. The Morgan fingerprint density at radius 2 is 2.29 bits per heavy atom. The van der Waals surface area contributed by atoms with Gasteiger partial charge in [0, 0.05) is 39.0 Å². The van der Waals surface area contributed by atoms with Gasteiger partial charge in [-0.3, -0.25) is 0 Å². The van der Waals surface area contributed by atoms with E-state index in [1.54, 1.807) is 0 Å². The van der Waals surface area contributed by atoms with E-state index in [9.17, 15) is 0 Å². The van der Waals surface area contributed by atoms with Crippen LogP contribution in [-0.2, 0) is 17.7 Å². The molecule has 1 aromatic rings. The van der Waals surface area contributed by atoms with Gasteiger partial charge in [-0.05, 0) is 45.7 Å². The molecule has 0 radical (unpaired) electrons. The molecule has 1 saturated heterocycles. The predicted molar refractivity (Wildman–Crippen MR) is 87.0 cm³/mol. The predicted octanol–water partition coefficient (Wildman–Crippen LogP) is 1.92. The zero-order chi connectivity index (χ0) is 15.1. The van der Waals surface area contributed by atoms with E-state index in [1.165, 1.54) is 12.1 Å². The Morgan fingerprint density at radius 1 is 1.43 bits per heavy atom. The summed E-state index contributed by atoms with van der Waals surface area (Å²) < 4.78 is 7.77. The van der Waals surface area contributed by atoms with E-state index in [0.717, 1.165) is 64.1 Å². The minimum absolute atomic E-state index is 0.744. The van der Waals surface area contributed by atoms with Crippen molar-refractivity contribution in [2.45, 2.75) is 39.7 Å². The highest BCUT2D eigenvalue weighted by molar-refractivity contribution is 5.35. The molecule has 5 nitrogen and oxygen atoms in total. The summed E-state index contributed by atoms with van der Waals surface area (Å²) in [7, 11) is 2.03. The number of aromatic nitrogens is 2. The van der Waals surface area contributed by atoms with Gasteiger partial charge in [-0.2, -0.15) is 0 Å². The standard InChI is InChI=1S/C16H30N4O/c1-4-15-13-19(8-6-10-21-5-2)16(18-15)20-9-7-14(12-20)11-17-3/h13-14,17H,4-12H2,1-3H3. The van der Waals surface area contributed by atoms with Crippen LogP contribution < -0.4 is 10.2 Å². The first-order chi connectivity index (χ1) is 10.3. The number of hydrogen-bond donors (Lipinski definition) is 1. The zero-order valence-electron chi connectivity index (χ0n) is 13.8. The van der Waals surface area contributed by atoms with Crippen molar-refractivity contribution in [1.29, 1.82) is 0 Å². The van der Waals surface area contributed by atoms with Gasteiger partial charge in [-0.1, -0.05) is 6.92 Å². The van der Waals surface area contributed by atoms with Gasteiger partial charge in [-0.25, -0.2) is 4.98 Å². The van der Waals surface area contributed by atoms with Crippen LogP contribution in [0.2, 0.25) is 0 Å². The highest BCUT2D eigenvalue weighted by atomic mass is 16.5. The van der Waals surface area contributed by atoms with Crippen molar-refractivity contribution in [2.75, 3.05) is 44.8 Å². The van der Waals surface area contributed by atoms with Gasteiger partial charge in [0.15, 0.2) is 0 Å². The highest BCUT2D eigenvalue weighted by Crippen LogP contribution is 2.23. The van der Waals surface area contributed by atoms with Crippen LogP contribution in [0.4, 0.5) is 5.95 Å². The fraction of sp³-hybridized carbons (Fsp3) is 0.812. The molecule has 2 rings (SSSR count). The Bertz CT molecular complexity index is 418. The number of nitrogens with one attached hydrogen (secondary N) is 1. The minimum Gasteiger partial charge on any atom is -0.382 e. The van der Waals surface area contributed by atoms with Crippen molar-refractivity contribution in [2.24, 2.45) is 5.92 Å². The first-order valence-corrected chi connectivity index (χ1v) is 8.31. The third kappa shape index (κ3) is 4.45. The third-order valence-electron chi connectivity index (χ3n) is 4.12. The Morgan fingerprint density at radius 3 is 3.00 bits per heavy atom. The number of aryl methyl sites for hydroxylation is 2. The molecule has 120 valence electrons. The average Bonchev–Trinajstić information content (AvgIpc) is 3.10. The monoisotopic (exact) mass is 294 g/mol. The van der Waals surface area contributed by atoms with Crippen molar-refractivity contribution in [3.05, 3.63) is 11.9 Å².